The number of hydrogen-bond donors (Lipinski definition) is 4. The van der Waals surface area contributed by atoms with E-state index in [0.717, 1.165) is 0 Å². The van der Waals surface area contributed by atoms with Gasteiger partial charge >= 0.3 is 23.9 Å². The molecule has 0 aromatic heterocycles. The minimum Gasteiger partial charge on any atom is -0.481 e. The fraction of sp³-hybridized carbons (Fsp3) is 0.714. The zero-order valence-corrected chi connectivity index (χ0v) is 12.9. The Kier molecular flexibility index (Phi) is 11.6. The van der Waals surface area contributed by atoms with Crippen LogP contribution >= 0.6 is 0 Å². The molecular weight excluding hydrogens is 296 g/mol. The number of rotatable bonds is 10. The molecule has 0 bridgehead atoms. The van der Waals surface area contributed by atoms with Crippen LogP contribution in [0.5, 0.6) is 0 Å². The van der Waals surface area contributed by atoms with Gasteiger partial charge in [-0.05, 0) is 33.1 Å². The average Bonchev–Trinajstić information content (AvgIpc) is 2.36. The second kappa shape index (κ2) is 11.5. The Balaban J connectivity index is 0. The van der Waals surface area contributed by atoms with Crippen LogP contribution in [0.25, 0.3) is 0 Å². The van der Waals surface area contributed by atoms with Crippen molar-refractivity contribution < 1.29 is 39.6 Å². The lowest BCUT2D eigenvalue weighted by atomic mass is 9.88. The molecular formula is C14H24O8. The third kappa shape index (κ3) is 15.9. The number of carbonyl (C=O) groups is 4. The lowest BCUT2D eigenvalue weighted by Crippen LogP contribution is -2.24. The second-order valence-corrected chi connectivity index (χ2v) is 5.43. The van der Waals surface area contributed by atoms with E-state index in [0.29, 0.717) is 19.3 Å². The first-order chi connectivity index (χ1) is 9.99. The molecule has 8 nitrogen and oxygen atoms in total. The van der Waals surface area contributed by atoms with E-state index in [-0.39, 0.29) is 25.7 Å². The molecule has 0 saturated carbocycles. The molecule has 0 amide bonds. The van der Waals surface area contributed by atoms with Gasteiger partial charge in [-0.1, -0.05) is 6.42 Å². The van der Waals surface area contributed by atoms with Gasteiger partial charge in [0, 0.05) is 19.3 Å². The van der Waals surface area contributed by atoms with Gasteiger partial charge < -0.3 is 20.4 Å². The highest BCUT2D eigenvalue weighted by Gasteiger charge is 2.27. The van der Waals surface area contributed by atoms with E-state index < -0.39 is 29.3 Å². The van der Waals surface area contributed by atoms with Crippen LogP contribution < -0.4 is 0 Å². The highest BCUT2D eigenvalue weighted by Crippen LogP contribution is 2.21. The fourth-order valence-corrected chi connectivity index (χ4v) is 1.26. The molecule has 0 heterocycles. The number of hydrogen-bond acceptors (Lipinski definition) is 4. The van der Waals surface area contributed by atoms with Crippen LogP contribution in [0.4, 0.5) is 0 Å². The third-order valence-corrected chi connectivity index (χ3v) is 2.82. The summed E-state index contributed by atoms with van der Waals surface area (Å²) in [6.07, 6.45) is 2.17. The monoisotopic (exact) mass is 320 g/mol. The van der Waals surface area contributed by atoms with Crippen molar-refractivity contribution in [3.05, 3.63) is 0 Å². The predicted molar refractivity (Wildman–Crippen MR) is 76.6 cm³/mol. The van der Waals surface area contributed by atoms with E-state index in [1.165, 1.54) is 13.8 Å². The summed E-state index contributed by atoms with van der Waals surface area (Å²) in [6.45, 7) is 3.02. The fourth-order valence-electron chi connectivity index (χ4n) is 1.26. The average molecular weight is 320 g/mol. The van der Waals surface area contributed by atoms with Crippen LogP contribution in [0.2, 0.25) is 0 Å². The van der Waals surface area contributed by atoms with Gasteiger partial charge in [-0.3, -0.25) is 19.2 Å². The van der Waals surface area contributed by atoms with Gasteiger partial charge in [0.05, 0.1) is 5.41 Å². The highest BCUT2D eigenvalue weighted by atomic mass is 16.4. The first-order valence-corrected chi connectivity index (χ1v) is 6.88. The van der Waals surface area contributed by atoms with Crippen molar-refractivity contribution in [2.75, 3.05) is 0 Å². The summed E-state index contributed by atoms with van der Waals surface area (Å²) in [5, 5.41) is 33.2. The molecule has 0 aliphatic carbocycles. The zero-order chi connectivity index (χ0) is 17.8. The van der Waals surface area contributed by atoms with Crippen LogP contribution in [-0.2, 0) is 19.2 Å². The molecule has 8 heteroatoms. The van der Waals surface area contributed by atoms with E-state index >= 15 is 0 Å². The van der Waals surface area contributed by atoms with Crippen LogP contribution in [0, 0.1) is 5.41 Å². The van der Waals surface area contributed by atoms with Crippen LogP contribution in [0.1, 0.15) is 58.8 Å². The van der Waals surface area contributed by atoms with Crippen molar-refractivity contribution in [3.8, 4) is 0 Å². The molecule has 0 spiro atoms. The van der Waals surface area contributed by atoms with Gasteiger partial charge in [-0.15, -0.1) is 0 Å². The predicted octanol–water partition coefficient (Wildman–Crippen LogP) is 2.07. The lowest BCUT2D eigenvalue weighted by Gasteiger charge is -2.16. The zero-order valence-electron chi connectivity index (χ0n) is 12.9. The molecule has 0 radical (unpaired) electrons. The first kappa shape index (κ1) is 22.2. The summed E-state index contributed by atoms with van der Waals surface area (Å²) in [5.41, 5.74) is -0.932. The largest absolute Gasteiger partial charge is 0.481 e. The van der Waals surface area contributed by atoms with Gasteiger partial charge in [0.25, 0.3) is 0 Å². The van der Waals surface area contributed by atoms with E-state index in [2.05, 4.69) is 0 Å². The quantitative estimate of drug-likeness (QED) is 0.447. The molecule has 0 rings (SSSR count). The van der Waals surface area contributed by atoms with Crippen molar-refractivity contribution >= 4 is 23.9 Å². The Hall–Kier alpha value is -2.12. The van der Waals surface area contributed by atoms with Crippen molar-refractivity contribution in [1.29, 1.82) is 0 Å². The summed E-state index contributed by atoms with van der Waals surface area (Å²) in [4.78, 5) is 40.5. The van der Waals surface area contributed by atoms with Crippen molar-refractivity contribution in [2.24, 2.45) is 5.41 Å². The molecule has 0 aliphatic heterocycles. The standard InChI is InChI=1S/2C7H12O4/c1-7(2,6(10)11)4-3-5(8)9;8-6(9)4-2-1-3-5-7(10)11/h3-4H2,1-2H3,(H,8,9)(H,10,11);1-5H2,(H,8,9)(H,10,11). The third-order valence-electron chi connectivity index (χ3n) is 2.82. The van der Waals surface area contributed by atoms with Gasteiger partial charge in [-0.25, -0.2) is 0 Å². The molecule has 0 aromatic rings. The molecule has 4 N–H and O–H groups in total. The molecule has 0 aliphatic rings. The molecule has 0 saturated heterocycles. The molecule has 22 heavy (non-hydrogen) atoms. The smallest absolute Gasteiger partial charge is 0.309 e. The Morgan fingerprint density at radius 3 is 1.32 bits per heavy atom. The summed E-state index contributed by atoms with van der Waals surface area (Å²) >= 11 is 0. The van der Waals surface area contributed by atoms with Gasteiger partial charge in [0.15, 0.2) is 0 Å². The van der Waals surface area contributed by atoms with E-state index in [1.807, 2.05) is 0 Å². The molecule has 0 unspecified atom stereocenters. The van der Waals surface area contributed by atoms with Gasteiger partial charge in [-0.2, -0.15) is 0 Å². The second-order valence-electron chi connectivity index (χ2n) is 5.43. The highest BCUT2D eigenvalue weighted by molar-refractivity contribution is 5.75. The minimum atomic E-state index is -0.959. The van der Waals surface area contributed by atoms with Crippen molar-refractivity contribution in [2.45, 2.75) is 58.8 Å². The van der Waals surface area contributed by atoms with Crippen LogP contribution in [0.3, 0.4) is 0 Å². The number of carboxylic acid groups (broad SMARTS) is 4. The number of carboxylic acids is 4. The Morgan fingerprint density at radius 2 is 1.05 bits per heavy atom. The molecule has 0 atom stereocenters. The first-order valence-electron chi connectivity index (χ1n) is 6.88. The number of unbranched alkanes of at least 4 members (excludes halogenated alkanes) is 2. The summed E-state index contributed by atoms with van der Waals surface area (Å²) in [5.74, 6) is -3.56. The SMILES string of the molecule is CC(C)(CCC(=O)O)C(=O)O.O=C(O)CCCCCC(=O)O. The summed E-state index contributed by atoms with van der Waals surface area (Å²) < 4.78 is 0. The van der Waals surface area contributed by atoms with Crippen molar-refractivity contribution in [3.63, 3.8) is 0 Å². The Morgan fingerprint density at radius 1 is 0.682 bits per heavy atom. The van der Waals surface area contributed by atoms with Gasteiger partial charge in [0.1, 0.15) is 0 Å². The molecule has 0 fully saturated rings. The number of aliphatic carboxylic acids is 4. The van der Waals surface area contributed by atoms with E-state index in [4.69, 9.17) is 20.4 Å². The van der Waals surface area contributed by atoms with E-state index in [1.54, 1.807) is 0 Å². The summed E-state index contributed by atoms with van der Waals surface area (Å²) in [7, 11) is 0. The minimum absolute atomic E-state index is 0.0979. The molecule has 128 valence electrons. The van der Waals surface area contributed by atoms with Crippen LogP contribution in [0.15, 0.2) is 0 Å². The maximum absolute atomic E-state index is 10.4. The Bertz CT molecular complexity index is 370. The van der Waals surface area contributed by atoms with E-state index in [9.17, 15) is 19.2 Å². The summed E-state index contributed by atoms with van der Waals surface area (Å²) in [6, 6.07) is 0. The van der Waals surface area contributed by atoms with Crippen molar-refractivity contribution in [1.82, 2.24) is 0 Å². The maximum Gasteiger partial charge on any atom is 0.309 e. The molecule has 0 aromatic carbocycles. The van der Waals surface area contributed by atoms with Crippen LogP contribution in [-0.4, -0.2) is 44.3 Å². The normalized spacial score (nSPS) is 10.3. The maximum atomic E-state index is 10.4. The van der Waals surface area contributed by atoms with Gasteiger partial charge in [0.2, 0.25) is 0 Å². The lowest BCUT2D eigenvalue weighted by molar-refractivity contribution is -0.148. The topological polar surface area (TPSA) is 149 Å². The Labute approximate surface area is 128 Å².